The number of methoxy groups -OCH3 is 2. The van der Waals surface area contributed by atoms with Crippen LogP contribution in [0.1, 0.15) is 83.1 Å². The van der Waals surface area contributed by atoms with E-state index in [4.69, 9.17) is 83.8 Å². The second kappa shape index (κ2) is 14.9. The van der Waals surface area contributed by atoms with E-state index in [2.05, 4.69) is 15.9 Å². The fourth-order valence-electron chi connectivity index (χ4n) is 4.49. The summed E-state index contributed by atoms with van der Waals surface area (Å²) in [5.41, 5.74) is -1.59. The predicted octanol–water partition coefficient (Wildman–Crippen LogP) is 9.31. The van der Waals surface area contributed by atoms with Crippen molar-refractivity contribution < 1.29 is 37.4 Å². The normalized spacial score (nSPS) is 22.4. The van der Waals surface area contributed by atoms with Crippen molar-refractivity contribution >= 4 is 88.9 Å². The molecule has 0 saturated carbocycles. The fourth-order valence-corrected chi connectivity index (χ4v) is 5.78. The maximum Gasteiger partial charge on any atom is 0.496 e. The summed E-state index contributed by atoms with van der Waals surface area (Å²) in [4.78, 5) is 0. The molecular weight excluding hydrogens is 766 g/mol. The first-order valence-electron chi connectivity index (χ1n) is 15.5. The van der Waals surface area contributed by atoms with Crippen molar-refractivity contribution in [3.63, 3.8) is 0 Å². The second-order valence-electron chi connectivity index (χ2n) is 14.8. The van der Waals surface area contributed by atoms with Crippen LogP contribution < -0.4 is 14.9 Å². The molecule has 3 saturated heterocycles. The van der Waals surface area contributed by atoms with Crippen LogP contribution in [0.3, 0.4) is 0 Å². The van der Waals surface area contributed by atoms with Gasteiger partial charge in [0.1, 0.15) is 11.5 Å². The Morgan fingerprint density at radius 2 is 0.812 bits per heavy atom. The van der Waals surface area contributed by atoms with Gasteiger partial charge in [-0.2, -0.15) is 0 Å². The van der Waals surface area contributed by atoms with Gasteiger partial charge < -0.3 is 37.4 Å². The van der Waals surface area contributed by atoms with Crippen LogP contribution in [0.25, 0.3) is 0 Å². The van der Waals surface area contributed by atoms with Crippen LogP contribution in [0.15, 0.2) is 28.7 Å². The number of hydrogen-bond donors (Lipinski definition) is 0. The predicted molar refractivity (Wildman–Crippen MR) is 202 cm³/mol. The first-order valence-corrected chi connectivity index (χ1v) is 17.8. The Morgan fingerprint density at radius 1 is 0.500 bits per heavy atom. The molecule has 0 radical (unpaired) electrons. The molecule has 0 bridgehead atoms. The SMILES string of the molecule is CC1(C)OB(B2OC(C)(C)C(C)(C)O2)OC1(C)C.COc1cc(Cl)c(Cl)c(B2OC(C)(C)C(C)(C)O2)c1.COc1cc(Cl)c(Cl)c(Br)c1. The fraction of sp³-hybridized carbons (Fsp3) is 0.625. The summed E-state index contributed by atoms with van der Waals surface area (Å²) in [6.07, 6.45) is 0. The highest BCUT2D eigenvalue weighted by Gasteiger charge is 2.63. The van der Waals surface area contributed by atoms with Gasteiger partial charge in [0.2, 0.25) is 0 Å². The van der Waals surface area contributed by atoms with Crippen molar-refractivity contribution in [3.8, 4) is 11.5 Å². The maximum atomic E-state index is 6.24. The monoisotopic (exact) mass is 810 g/mol. The molecule has 266 valence electrons. The minimum Gasteiger partial charge on any atom is -0.497 e. The van der Waals surface area contributed by atoms with Crippen molar-refractivity contribution in [2.75, 3.05) is 14.2 Å². The van der Waals surface area contributed by atoms with Gasteiger partial charge in [0.15, 0.2) is 0 Å². The lowest BCUT2D eigenvalue weighted by atomic mass is 9.49. The average Bonchev–Trinajstić information content (AvgIpc) is 3.42. The molecule has 2 aromatic carbocycles. The Bertz CT molecular complexity index is 1370. The van der Waals surface area contributed by atoms with Crippen molar-refractivity contribution in [2.24, 2.45) is 0 Å². The largest absolute Gasteiger partial charge is 0.497 e. The lowest BCUT2D eigenvalue weighted by Crippen LogP contribution is -2.41. The molecule has 2 aromatic rings. The topological polar surface area (TPSA) is 73.8 Å². The van der Waals surface area contributed by atoms with E-state index in [1.807, 2.05) is 83.1 Å². The summed E-state index contributed by atoms with van der Waals surface area (Å²) in [7, 11) is 1.65. The second-order valence-corrected chi connectivity index (χ2v) is 17.2. The lowest BCUT2D eigenvalue weighted by Gasteiger charge is -2.32. The molecular formula is C32H46B3BrCl4O8. The lowest BCUT2D eigenvalue weighted by molar-refractivity contribution is 0.00578. The third-order valence-corrected chi connectivity index (χ3v) is 12.2. The quantitative estimate of drug-likeness (QED) is 0.224. The summed E-state index contributed by atoms with van der Waals surface area (Å²) in [5, 5.41) is 1.84. The van der Waals surface area contributed by atoms with E-state index in [0.717, 1.165) is 4.47 Å². The summed E-state index contributed by atoms with van der Waals surface area (Å²) in [6.45, 7) is 24.2. The van der Waals surface area contributed by atoms with E-state index in [0.29, 0.717) is 37.1 Å². The van der Waals surface area contributed by atoms with Gasteiger partial charge in [-0.05, 0) is 111 Å². The maximum absolute atomic E-state index is 6.24. The average molecular weight is 813 g/mol. The molecule has 0 aromatic heterocycles. The van der Waals surface area contributed by atoms with Crippen molar-refractivity contribution in [3.05, 3.63) is 48.8 Å². The molecule has 16 heteroatoms. The summed E-state index contributed by atoms with van der Waals surface area (Å²) in [5.74, 6) is 1.31. The van der Waals surface area contributed by atoms with E-state index in [1.165, 1.54) is 0 Å². The van der Waals surface area contributed by atoms with E-state index >= 15 is 0 Å². The van der Waals surface area contributed by atoms with E-state index in [9.17, 15) is 0 Å². The summed E-state index contributed by atoms with van der Waals surface area (Å²) >= 11 is 27.1. The minimum absolute atomic E-state index is 0.360. The molecule has 48 heavy (non-hydrogen) atoms. The molecule has 0 amide bonds. The number of benzene rings is 2. The van der Waals surface area contributed by atoms with Gasteiger partial charge in [0.25, 0.3) is 0 Å². The van der Waals surface area contributed by atoms with Crippen LogP contribution >= 0.6 is 62.3 Å². The van der Waals surface area contributed by atoms with Gasteiger partial charge in [0, 0.05) is 22.1 Å². The summed E-state index contributed by atoms with van der Waals surface area (Å²) in [6, 6.07) is 6.87. The first-order chi connectivity index (χ1) is 21.7. The van der Waals surface area contributed by atoms with Crippen molar-refractivity contribution in [1.82, 2.24) is 0 Å². The molecule has 5 rings (SSSR count). The van der Waals surface area contributed by atoms with Crippen molar-refractivity contribution in [1.29, 1.82) is 0 Å². The highest BCUT2D eigenvalue weighted by molar-refractivity contribution is 9.10. The molecule has 0 aliphatic carbocycles. The van der Waals surface area contributed by atoms with Gasteiger partial charge in [-0.25, -0.2) is 0 Å². The molecule has 0 unspecified atom stereocenters. The third-order valence-electron chi connectivity index (χ3n) is 9.73. The van der Waals surface area contributed by atoms with Crippen LogP contribution in [0.5, 0.6) is 11.5 Å². The van der Waals surface area contributed by atoms with Crippen LogP contribution in [0.2, 0.25) is 20.1 Å². The number of hydrogen-bond acceptors (Lipinski definition) is 8. The zero-order valence-corrected chi connectivity index (χ0v) is 34.8. The molecule has 0 atom stereocenters. The number of ether oxygens (including phenoxy) is 2. The van der Waals surface area contributed by atoms with Crippen LogP contribution in [0.4, 0.5) is 0 Å². The Balaban J connectivity index is 0.000000203. The summed E-state index contributed by atoms with van der Waals surface area (Å²) < 4.78 is 46.7. The Hall–Kier alpha value is -0.365. The van der Waals surface area contributed by atoms with Gasteiger partial charge in [-0.15, -0.1) is 0 Å². The Kier molecular flexibility index (Phi) is 13.1. The van der Waals surface area contributed by atoms with E-state index in [-0.39, 0.29) is 22.4 Å². The highest BCUT2D eigenvalue weighted by Crippen LogP contribution is 2.43. The molecule has 8 nitrogen and oxygen atoms in total. The van der Waals surface area contributed by atoms with E-state index < -0.39 is 32.3 Å². The Morgan fingerprint density at radius 3 is 1.15 bits per heavy atom. The molecule has 0 spiro atoms. The van der Waals surface area contributed by atoms with Crippen molar-refractivity contribution in [2.45, 2.75) is 117 Å². The van der Waals surface area contributed by atoms with Gasteiger partial charge in [0.05, 0.1) is 67.9 Å². The van der Waals surface area contributed by atoms with E-state index in [1.54, 1.807) is 38.5 Å². The van der Waals surface area contributed by atoms with Crippen LogP contribution in [-0.2, 0) is 27.9 Å². The molecule has 3 aliphatic rings. The van der Waals surface area contributed by atoms with Crippen LogP contribution in [0, 0.1) is 0 Å². The standard InChI is InChI=1S/C13H17BCl2O3.C12H24B2O4.C7H5BrCl2O/c1-12(2)13(3,4)19-14(18-12)9-6-8(17-5)7-10(15)11(9)16;1-9(2)10(3,4)16-13(15-9)14-17-11(5,6)12(7,8)18-14;1-11-4-2-5(8)7(10)6(9)3-4/h6-7H,1-5H3;1-8H3;2-3H,1H3. The highest BCUT2D eigenvalue weighted by atomic mass is 79.9. The van der Waals surface area contributed by atoms with Crippen LogP contribution in [-0.4, -0.2) is 69.0 Å². The molecule has 3 fully saturated rings. The zero-order valence-electron chi connectivity index (χ0n) is 30.2. The zero-order chi connectivity index (χ0) is 36.8. The number of halogens is 5. The third kappa shape index (κ3) is 8.98. The molecule has 3 aliphatic heterocycles. The molecule has 0 N–H and O–H groups in total. The first kappa shape index (κ1) is 42.1. The number of rotatable bonds is 4. The van der Waals surface area contributed by atoms with Gasteiger partial charge >= 0.3 is 21.1 Å². The Labute approximate surface area is 315 Å². The van der Waals surface area contributed by atoms with Gasteiger partial charge in [-0.1, -0.05) is 46.4 Å². The van der Waals surface area contributed by atoms with Gasteiger partial charge in [-0.3, -0.25) is 0 Å². The minimum atomic E-state index is -0.551. The molecule has 3 heterocycles. The smallest absolute Gasteiger partial charge is 0.496 e.